The molecule has 8 heteroatoms. The van der Waals surface area contributed by atoms with Crippen molar-refractivity contribution in [2.45, 2.75) is 25.9 Å². The number of hydrogen-bond acceptors (Lipinski definition) is 6. The van der Waals surface area contributed by atoms with Gasteiger partial charge in [0, 0.05) is 23.6 Å². The van der Waals surface area contributed by atoms with Crippen LogP contribution in [0.2, 0.25) is 5.02 Å². The summed E-state index contributed by atoms with van der Waals surface area (Å²) in [7, 11) is 3.60. The monoisotopic (exact) mass is 566 g/mol. The highest BCUT2D eigenvalue weighted by atomic mass is 35.5. The fraction of sp³-hybridized carbons (Fsp3) is 0.344. The molecule has 3 aromatic carbocycles. The summed E-state index contributed by atoms with van der Waals surface area (Å²) in [6.07, 6.45) is 2.48. The summed E-state index contributed by atoms with van der Waals surface area (Å²) in [4.78, 5) is 11.4. The maximum atomic E-state index is 11.4. The molecule has 3 N–H and O–H groups in total. The van der Waals surface area contributed by atoms with Gasteiger partial charge in [0.2, 0.25) is 0 Å². The molecular formula is C32H39ClN2O5. The fourth-order valence-corrected chi connectivity index (χ4v) is 4.51. The third-order valence-electron chi connectivity index (χ3n) is 6.43. The maximum Gasteiger partial charge on any atom is 0.333 e. The molecular weight excluding hydrogens is 528 g/mol. The van der Waals surface area contributed by atoms with Gasteiger partial charge in [-0.05, 0) is 73.9 Å². The number of ether oxygens (including phenoxy) is 3. The maximum absolute atomic E-state index is 11.4. The fourth-order valence-electron chi connectivity index (χ4n) is 4.28. The van der Waals surface area contributed by atoms with E-state index in [1.165, 1.54) is 5.56 Å². The Morgan fingerprint density at radius 1 is 1.00 bits per heavy atom. The summed E-state index contributed by atoms with van der Waals surface area (Å²) in [5.41, 5.74) is 4.52. The Morgan fingerprint density at radius 3 is 2.42 bits per heavy atom. The predicted molar refractivity (Wildman–Crippen MR) is 160 cm³/mol. The Balaban J connectivity index is 0.000000336. The van der Waals surface area contributed by atoms with Gasteiger partial charge >= 0.3 is 5.97 Å². The lowest BCUT2D eigenvalue weighted by molar-refractivity contribution is -0.132. The van der Waals surface area contributed by atoms with Crippen LogP contribution in [0.1, 0.15) is 29.5 Å². The van der Waals surface area contributed by atoms with E-state index in [9.17, 15) is 9.90 Å². The minimum absolute atomic E-state index is 0.401. The molecule has 1 aliphatic rings. The van der Waals surface area contributed by atoms with Gasteiger partial charge in [0.1, 0.15) is 11.5 Å². The summed E-state index contributed by atoms with van der Waals surface area (Å²) < 4.78 is 16.8. The molecule has 0 spiro atoms. The average molecular weight is 567 g/mol. The van der Waals surface area contributed by atoms with Gasteiger partial charge in [-0.2, -0.15) is 0 Å². The Morgan fingerprint density at radius 2 is 1.73 bits per heavy atom. The van der Waals surface area contributed by atoms with E-state index in [0.717, 1.165) is 59.2 Å². The highest BCUT2D eigenvalue weighted by molar-refractivity contribution is 6.31. The van der Waals surface area contributed by atoms with E-state index in [4.69, 9.17) is 25.8 Å². The number of nitrogens with one attached hydrogen (secondary N) is 2. The summed E-state index contributed by atoms with van der Waals surface area (Å²) in [6, 6.07) is 23.4. The van der Waals surface area contributed by atoms with Crippen molar-refractivity contribution in [1.82, 2.24) is 10.6 Å². The topological polar surface area (TPSA) is 89.0 Å². The number of aliphatic carboxylic acids is 1. The average Bonchev–Trinajstić information content (AvgIpc) is 2.99. The van der Waals surface area contributed by atoms with Gasteiger partial charge in [0.05, 0.1) is 32.5 Å². The Hall–Kier alpha value is -3.36. The molecule has 40 heavy (non-hydrogen) atoms. The minimum atomic E-state index is -0.861. The first-order valence-electron chi connectivity index (χ1n) is 13.5. The molecule has 214 valence electrons. The van der Waals surface area contributed by atoms with Crippen LogP contribution in [0.3, 0.4) is 0 Å². The SMILES string of the molecule is CNCCc1ccccc1Cl.COc1ccccc1COCCCOc1ccc(C2=C(C(=O)O)CNCC2)cc1. The predicted octanol–water partition coefficient (Wildman–Crippen LogP) is 5.61. The van der Waals surface area contributed by atoms with Gasteiger partial charge in [0.15, 0.2) is 0 Å². The second-order valence-electron chi connectivity index (χ2n) is 9.22. The molecule has 4 rings (SSSR count). The second kappa shape index (κ2) is 17.4. The number of para-hydroxylation sites is 1. The van der Waals surface area contributed by atoms with Crippen LogP contribution in [0.25, 0.3) is 5.57 Å². The van der Waals surface area contributed by atoms with Crippen LogP contribution in [-0.2, 0) is 22.6 Å². The van der Waals surface area contributed by atoms with E-state index in [-0.39, 0.29) is 0 Å². The molecule has 0 unspecified atom stereocenters. The lowest BCUT2D eigenvalue weighted by Gasteiger charge is -2.19. The largest absolute Gasteiger partial charge is 0.496 e. The van der Waals surface area contributed by atoms with Crippen LogP contribution in [0.4, 0.5) is 0 Å². The number of carbonyl (C=O) groups is 1. The molecule has 1 aliphatic heterocycles. The molecule has 0 saturated carbocycles. The van der Waals surface area contributed by atoms with Gasteiger partial charge in [-0.15, -0.1) is 0 Å². The van der Waals surface area contributed by atoms with Crippen LogP contribution in [0.15, 0.2) is 78.4 Å². The van der Waals surface area contributed by atoms with E-state index in [0.29, 0.717) is 38.4 Å². The van der Waals surface area contributed by atoms with E-state index < -0.39 is 5.97 Å². The number of benzene rings is 3. The molecule has 1 heterocycles. The molecule has 0 amide bonds. The van der Waals surface area contributed by atoms with E-state index in [2.05, 4.69) is 16.7 Å². The molecule has 0 aliphatic carbocycles. The highest BCUT2D eigenvalue weighted by Crippen LogP contribution is 2.26. The Labute approximate surface area is 242 Å². The number of methoxy groups -OCH3 is 1. The summed E-state index contributed by atoms with van der Waals surface area (Å²) in [5.74, 6) is 0.740. The first kappa shape index (κ1) is 31.2. The summed E-state index contributed by atoms with van der Waals surface area (Å²) in [5, 5.41) is 16.4. The lowest BCUT2D eigenvalue weighted by Crippen LogP contribution is -2.28. The van der Waals surface area contributed by atoms with Gasteiger partial charge in [-0.25, -0.2) is 4.79 Å². The second-order valence-corrected chi connectivity index (χ2v) is 9.63. The van der Waals surface area contributed by atoms with Crippen molar-refractivity contribution < 1.29 is 24.1 Å². The number of halogens is 1. The zero-order chi connectivity index (χ0) is 28.6. The number of carboxylic acid groups (broad SMARTS) is 1. The quantitative estimate of drug-likeness (QED) is 0.232. The Kier molecular flexibility index (Phi) is 13.5. The number of likely N-dealkylation sites (N-methyl/N-ethyl adjacent to an activating group) is 1. The standard InChI is InChI=1S/C23H27NO5.C9H12ClN/c1-27-22-6-3-2-5-18(22)16-28-13-4-14-29-19-9-7-17(8-10-19)20-11-12-24-15-21(20)23(25)26;1-11-7-6-8-4-2-3-5-9(8)10/h2-3,5-10,24H,4,11-16H2,1H3,(H,25,26);2-5,11H,6-7H2,1H3. The van der Waals surface area contributed by atoms with Crippen LogP contribution in [-0.4, -0.2) is 58.1 Å². The van der Waals surface area contributed by atoms with Crippen LogP contribution < -0.4 is 20.1 Å². The molecule has 0 saturated heterocycles. The van der Waals surface area contributed by atoms with Crippen molar-refractivity contribution in [2.75, 3.05) is 47.0 Å². The Bertz CT molecular complexity index is 1230. The summed E-state index contributed by atoms with van der Waals surface area (Å²) >= 11 is 5.93. The normalized spacial score (nSPS) is 12.9. The van der Waals surface area contributed by atoms with Crippen molar-refractivity contribution in [1.29, 1.82) is 0 Å². The van der Waals surface area contributed by atoms with Crippen molar-refractivity contribution in [2.24, 2.45) is 0 Å². The molecule has 3 aromatic rings. The molecule has 0 bridgehead atoms. The summed E-state index contributed by atoms with van der Waals surface area (Å²) in [6.45, 7) is 3.82. The van der Waals surface area contributed by atoms with Crippen LogP contribution in [0.5, 0.6) is 11.5 Å². The number of hydrogen-bond donors (Lipinski definition) is 3. The highest BCUT2D eigenvalue weighted by Gasteiger charge is 2.19. The molecule has 7 nitrogen and oxygen atoms in total. The van der Waals surface area contributed by atoms with E-state index >= 15 is 0 Å². The molecule has 0 radical (unpaired) electrons. The van der Waals surface area contributed by atoms with E-state index in [1.54, 1.807) is 7.11 Å². The zero-order valence-corrected chi connectivity index (χ0v) is 24.0. The van der Waals surface area contributed by atoms with Gasteiger partial charge in [-0.1, -0.05) is 60.1 Å². The third kappa shape index (κ3) is 9.99. The van der Waals surface area contributed by atoms with Crippen LogP contribution in [0, 0.1) is 0 Å². The van der Waals surface area contributed by atoms with Crippen molar-refractivity contribution in [3.05, 3.63) is 100 Å². The van der Waals surface area contributed by atoms with Gasteiger partial charge in [0.25, 0.3) is 0 Å². The smallest absolute Gasteiger partial charge is 0.333 e. The zero-order valence-electron chi connectivity index (χ0n) is 23.3. The third-order valence-corrected chi connectivity index (χ3v) is 6.80. The number of carboxylic acids is 1. The van der Waals surface area contributed by atoms with Crippen LogP contribution >= 0.6 is 11.6 Å². The van der Waals surface area contributed by atoms with Gasteiger partial charge in [-0.3, -0.25) is 0 Å². The van der Waals surface area contributed by atoms with Crippen molar-refractivity contribution in [3.63, 3.8) is 0 Å². The van der Waals surface area contributed by atoms with Crippen molar-refractivity contribution in [3.8, 4) is 11.5 Å². The number of rotatable bonds is 13. The van der Waals surface area contributed by atoms with Crippen molar-refractivity contribution >= 4 is 23.1 Å². The molecule has 0 aromatic heterocycles. The molecule has 0 atom stereocenters. The first-order chi connectivity index (χ1) is 19.5. The first-order valence-corrected chi connectivity index (χ1v) is 13.9. The van der Waals surface area contributed by atoms with Gasteiger partial charge < -0.3 is 30.0 Å². The minimum Gasteiger partial charge on any atom is -0.496 e. The lowest BCUT2D eigenvalue weighted by atomic mass is 9.94. The van der Waals surface area contributed by atoms with E-state index in [1.807, 2.05) is 73.8 Å². The molecule has 0 fully saturated rings.